The van der Waals surface area contributed by atoms with E-state index in [4.69, 9.17) is 11.6 Å². The third-order valence-corrected chi connectivity index (χ3v) is 3.25. The van der Waals surface area contributed by atoms with Crippen molar-refractivity contribution in [1.82, 2.24) is 4.98 Å². The lowest BCUT2D eigenvalue weighted by molar-refractivity contribution is 0.102. The van der Waals surface area contributed by atoms with Gasteiger partial charge in [0.05, 0.1) is 11.1 Å². The second kappa shape index (κ2) is 5.31. The van der Waals surface area contributed by atoms with Crippen molar-refractivity contribution in [2.75, 3.05) is 5.32 Å². The quantitative estimate of drug-likeness (QED) is 0.767. The van der Waals surface area contributed by atoms with Gasteiger partial charge >= 0.3 is 0 Å². The van der Waals surface area contributed by atoms with Crippen LogP contribution in [0.5, 0.6) is 0 Å². The summed E-state index contributed by atoms with van der Waals surface area (Å²) < 4.78 is 0. The van der Waals surface area contributed by atoms with Crippen LogP contribution in [0.2, 0.25) is 5.02 Å². The monoisotopic (exact) mass is 282 g/mol. The van der Waals surface area contributed by atoms with E-state index in [1.807, 2.05) is 24.3 Å². The molecule has 0 aliphatic heterocycles. The molecule has 1 N–H and O–H groups in total. The number of carbonyl (C=O) groups is 1. The van der Waals surface area contributed by atoms with Gasteiger partial charge in [0.1, 0.15) is 0 Å². The lowest BCUT2D eigenvalue weighted by atomic mass is 10.1. The molecule has 3 nitrogen and oxygen atoms in total. The molecule has 20 heavy (non-hydrogen) atoms. The summed E-state index contributed by atoms with van der Waals surface area (Å²) in [6.45, 7) is 0. The third kappa shape index (κ3) is 2.49. The SMILES string of the molecule is O=C(Nc1ccc(Cl)cc1)c1ccnc2ccccc12. The molecule has 0 radical (unpaired) electrons. The van der Waals surface area contributed by atoms with Crippen molar-refractivity contribution in [1.29, 1.82) is 0 Å². The number of hydrogen-bond donors (Lipinski definition) is 1. The first-order chi connectivity index (χ1) is 9.74. The maximum Gasteiger partial charge on any atom is 0.256 e. The van der Waals surface area contributed by atoms with Gasteiger partial charge in [-0.25, -0.2) is 0 Å². The molecule has 0 aliphatic carbocycles. The Bertz CT molecular complexity index is 764. The molecule has 0 saturated heterocycles. The van der Waals surface area contributed by atoms with Crippen LogP contribution >= 0.6 is 11.6 Å². The number of carbonyl (C=O) groups excluding carboxylic acids is 1. The van der Waals surface area contributed by atoms with Crippen LogP contribution in [0, 0.1) is 0 Å². The fourth-order valence-electron chi connectivity index (χ4n) is 2.03. The van der Waals surface area contributed by atoms with Crippen LogP contribution in [-0.2, 0) is 0 Å². The minimum Gasteiger partial charge on any atom is -0.322 e. The molecule has 98 valence electrons. The maximum atomic E-state index is 12.3. The van der Waals surface area contributed by atoms with Gasteiger partial charge in [-0.1, -0.05) is 29.8 Å². The summed E-state index contributed by atoms with van der Waals surface area (Å²) in [5.74, 6) is -0.161. The fourth-order valence-corrected chi connectivity index (χ4v) is 2.15. The molecule has 2 aromatic carbocycles. The van der Waals surface area contributed by atoms with Gasteiger partial charge in [-0.3, -0.25) is 9.78 Å². The van der Waals surface area contributed by atoms with Crippen molar-refractivity contribution in [3.05, 3.63) is 71.4 Å². The smallest absolute Gasteiger partial charge is 0.256 e. The Morgan fingerprint density at radius 1 is 1.00 bits per heavy atom. The third-order valence-electron chi connectivity index (χ3n) is 3.00. The Balaban J connectivity index is 1.94. The van der Waals surface area contributed by atoms with Crippen molar-refractivity contribution >= 4 is 34.1 Å². The van der Waals surface area contributed by atoms with Gasteiger partial charge < -0.3 is 5.32 Å². The minimum atomic E-state index is -0.161. The van der Waals surface area contributed by atoms with Crippen molar-refractivity contribution < 1.29 is 4.79 Å². The molecule has 1 heterocycles. The van der Waals surface area contributed by atoms with E-state index in [1.165, 1.54) is 0 Å². The van der Waals surface area contributed by atoms with E-state index in [2.05, 4.69) is 10.3 Å². The van der Waals surface area contributed by atoms with Gasteiger partial charge in [0.2, 0.25) is 0 Å². The first-order valence-corrected chi connectivity index (χ1v) is 6.52. The van der Waals surface area contributed by atoms with E-state index < -0.39 is 0 Å². The van der Waals surface area contributed by atoms with Crippen LogP contribution in [0.4, 0.5) is 5.69 Å². The molecule has 3 rings (SSSR count). The van der Waals surface area contributed by atoms with Gasteiger partial charge in [0.15, 0.2) is 0 Å². The summed E-state index contributed by atoms with van der Waals surface area (Å²) in [6, 6.07) is 16.3. The zero-order chi connectivity index (χ0) is 13.9. The number of halogens is 1. The molecule has 1 aromatic heterocycles. The van der Waals surface area contributed by atoms with Gasteiger partial charge in [0, 0.05) is 22.3 Å². The molecule has 4 heteroatoms. The van der Waals surface area contributed by atoms with E-state index in [0.29, 0.717) is 16.3 Å². The van der Waals surface area contributed by atoms with Crippen LogP contribution in [-0.4, -0.2) is 10.9 Å². The number of amides is 1. The number of anilines is 1. The standard InChI is InChI=1S/C16H11ClN2O/c17-11-5-7-12(8-6-11)19-16(20)14-9-10-18-15-4-2-1-3-13(14)15/h1-10H,(H,19,20). The Morgan fingerprint density at radius 2 is 1.75 bits per heavy atom. The summed E-state index contributed by atoms with van der Waals surface area (Å²) in [5.41, 5.74) is 2.11. The number of pyridine rings is 1. The van der Waals surface area contributed by atoms with Gasteiger partial charge in [0.25, 0.3) is 5.91 Å². The van der Waals surface area contributed by atoms with E-state index in [-0.39, 0.29) is 5.91 Å². The predicted octanol–water partition coefficient (Wildman–Crippen LogP) is 4.14. The minimum absolute atomic E-state index is 0.161. The molecule has 0 spiro atoms. The normalized spacial score (nSPS) is 10.4. The summed E-state index contributed by atoms with van der Waals surface area (Å²) in [6.07, 6.45) is 1.64. The molecule has 0 fully saturated rings. The Morgan fingerprint density at radius 3 is 2.55 bits per heavy atom. The summed E-state index contributed by atoms with van der Waals surface area (Å²) in [5, 5.41) is 4.32. The van der Waals surface area contributed by atoms with Gasteiger partial charge in [-0.2, -0.15) is 0 Å². The predicted molar refractivity (Wildman–Crippen MR) is 81.1 cm³/mol. The number of hydrogen-bond acceptors (Lipinski definition) is 2. The lowest BCUT2D eigenvalue weighted by Crippen LogP contribution is -2.12. The zero-order valence-electron chi connectivity index (χ0n) is 10.5. The van der Waals surface area contributed by atoms with Crippen LogP contribution in [0.3, 0.4) is 0 Å². The number of rotatable bonds is 2. The van der Waals surface area contributed by atoms with E-state index >= 15 is 0 Å². The Labute approximate surface area is 121 Å². The first-order valence-electron chi connectivity index (χ1n) is 6.15. The number of aromatic nitrogens is 1. The van der Waals surface area contributed by atoms with Crippen molar-refractivity contribution in [3.63, 3.8) is 0 Å². The van der Waals surface area contributed by atoms with E-state index in [1.54, 1.807) is 36.5 Å². The average Bonchev–Trinajstić information content (AvgIpc) is 2.49. The number of fused-ring (bicyclic) bond motifs is 1. The number of benzene rings is 2. The molecular weight excluding hydrogens is 272 g/mol. The van der Waals surface area contributed by atoms with Gasteiger partial charge in [-0.15, -0.1) is 0 Å². The van der Waals surface area contributed by atoms with E-state index in [9.17, 15) is 4.79 Å². The molecule has 3 aromatic rings. The second-order valence-corrected chi connectivity index (χ2v) is 4.77. The van der Waals surface area contributed by atoms with Crippen molar-refractivity contribution in [2.24, 2.45) is 0 Å². The zero-order valence-corrected chi connectivity index (χ0v) is 11.3. The topological polar surface area (TPSA) is 42.0 Å². The van der Waals surface area contributed by atoms with Crippen molar-refractivity contribution in [3.8, 4) is 0 Å². The summed E-state index contributed by atoms with van der Waals surface area (Å²) >= 11 is 5.82. The van der Waals surface area contributed by atoms with E-state index in [0.717, 1.165) is 10.9 Å². The molecule has 0 saturated carbocycles. The van der Waals surface area contributed by atoms with Crippen molar-refractivity contribution in [2.45, 2.75) is 0 Å². The van der Waals surface area contributed by atoms with Gasteiger partial charge in [-0.05, 0) is 36.4 Å². The molecule has 0 unspecified atom stereocenters. The molecule has 1 amide bonds. The molecule has 0 bridgehead atoms. The highest BCUT2D eigenvalue weighted by Gasteiger charge is 2.10. The average molecular weight is 283 g/mol. The van der Waals surface area contributed by atoms with Crippen LogP contribution in [0.1, 0.15) is 10.4 Å². The highest BCUT2D eigenvalue weighted by molar-refractivity contribution is 6.30. The highest BCUT2D eigenvalue weighted by atomic mass is 35.5. The molecule has 0 aliphatic rings. The first kappa shape index (κ1) is 12.6. The summed E-state index contributed by atoms with van der Waals surface area (Å²) in [4.78, 5) is 16.6. The number of nitrogens with zero attached hydrogens (tertiary/aromatic N) is 1. The Hall–Kier alpha value is -2.39. The van der Waals surface area contributed by atoms with Crippen LogP contribution in [0.15, 0.2) is 60.8 Å². The van der Waals surface area contributed by atoms with Crippen LogP contribution in [0.25, 0.3) is 10.9 Å². The molecule has 0 atom stereocenters. The largest absolute Gasteiger partial charge is 0.322 e. The number of para-hydroxylation sites is 1. The lowest BCUT2D eigenvalue weighted by Gasteiger charge is -2.07. The van der Waals surface area contributed by atoms with Crippen LogP contribution < -0.4 is 5.32 Å². The second-order valence-electron chi connectivity index (χ2n) is 4.34. The number of nitrogens with one attached hydrogen (secondary N) is 1. The highest BCUT2D eigenvalue weighted by Crippen LogP contribution is 2.19. The fraction of sp³-hybridized carbons (Fsp3) is 0. The summed E-state index contributed by atoms with van der Waals surface area (Å²) in [7, 11) is 0. The molecular formula is C16H11ClN2O. The Kier molecular flexibility index (Phi) is 3.35. The maximum absolute atomic E-state index is 12.3.